The molecule has 0 aliphatic carbocycles. The van der Waals surface area contributed by atoms with Gasteiger partial charge in [0.05, 0.1) is 12.5 Å². The first-order chi connectivity index (χ1) is 8.92. The molecule has 106 valence electrons. The summed E-state index contributed by atoms with van der Waals surface area (Å²) in [6, 6.07) is 11.8. The van der Waals surface area contributed by atoms with E-state index in [1.807, 2.05) is 44.2 Å². The molecule has 2 N–H and O–H groups in total. The van der Waals surface area contributed by atoms with Crippen LogP contribution in [0.1, 0.15) is 19.4 Å². The van der Waals surface area contributed by atoms with E-state index in [-0.39, 0.29) is 0 Å². The van der Waals surface area contributed by atoms with Crippen molar-refractivity contribution in [3.63, 3.8) is 0 Å². The van der Waals surface area contributed by atoms with Gasteiger partial charge in [-0.25, -0.2) is 4.62 Å². The molecule has 0 aliphatic heterocycles. The van der Waals surface area contributed by atoms with Crippen molar-refractivity contribution < 1.29 is 14.4 Å². The summed E-state index contributed by atoms with van der Waals surface area (Å²) in [6.07, 6.45) is 0.515. The first-order valence-corrected chi connectivity index (χ1v) is 8.46. The van der Waals surface area contributed by atoms with Gasteiger partial charge in [0, 0.05) is 13.1 Å². The summed E-state index contributed by atoms with van der Waals surface area (Å²) in [5, 5.41) is 9.67. The molecule has 0 atom stereocenters. The van der Waals surface area contributed by atoms with E-state index < -0.39 is 6.72 Å². The number of benzene rings is 1. The van der Waals surface area contributed by atoms with Crippen LogP contribution in [0.5, 0.6) is 0 Å². The molecule has 1 aromatic carbocycles. The Balaban J connectivity index is 0.000000342. The van der Waals surface area contributed by atoms with Crippen molar-refractivity contribution in [2.75, 3.05) is 13.1 Å². The van der Waals surface area contributed by atoms with E-state index >= 15 is 0 Å². The predicted molar refractivity (Wildman–Crippen MR) is 78.5 cm³/mol. The van der Waals surface area contributed by atoms with Crippen molar-refractivity contribution in [1.29, 1.82) is 5.26 Å². The highest BCUT2D eigenvalue weighted by Crippen LogP contribution is 2.37. The van der Waals surface area contributed by atoms with Crippen molar-refractivity contribution in [2.24, 2.45) is 0 Å². The molecule has 0 spiro atoms. The highest BCUT2D eigenvalue weighted by Gasteiger charge is 2.12. The van der Waals surface area contributed by atoms with Gasteiger partial charge in [0.2, 0.25) is 0 Å². The van der Waals surface area contributed by atoms with Gasteiger partial charge in [-0.05, 0) is 17.4 Å². The lowest BCUT2D eigenvalue weighted by Gasteiger charge is -2.19. The third-order valence-corrected chi connectivity index (χ3v) is 2.70. The predicted octanol–water partition coefficient (Wildman–Crippen LogP) is 2.22. The monoisotopic (exact) mass is 302 g/mol. The van der Waals surface area contributed by atoms with Gasteiger partial charge in [-0.1, -0.05) is 44.2 Å². The van der Waals surface area contributed by atoms with E-state index in [1.54, 1.807) is 0 Å². The van der Waals surface area contributed by atoms with E-state index in [4.69, 9.17) is 15.0 Å². The van der Waals surface area contributed by atoms with Gasteiger partial charge in [-0.3, -0.25) is 0 Å². The fourth-order valence-corrected chi connectivity index (χ4v) is 1.99. The minimum Gasteiger partial charge on any atom is -0.324 e. The Morgan fingerprint density at radius 2 is 1.79 bits per heavy atom. The van der Waals surface area contributed by atoms with Crippen molar-refractivity contribution in [3.8, 4) is 6.07 Å². The highest BCUT2D eigenvalue weighted by molar-refractivity contribution is 8.06. The molecular formula is C12H19N2O3PS. The summed E-state index contributed by atoms with van der Waals surface area (Å²) in [5.74, 6) is 0. The summed E-state index contributed by atoms with van der Waals surface area (Å²) in [6.45, 7) is 1.37. The van der Waals surface area contributed by atoms with Gasteiger partial charge < -0.3 is 9.79 Å². The largest absolute Gasteiger partial charge is 0.338 e. The van der Waals surface area contributed by atoms with Gasteiger partial charge in [0.1, 0.15) is 0 Å². The molecule has 0 fully saturated rings. The van der Waals surface area contributed by atoms with Crippen molar-refractivity contribution in [2.45, 2.75) is 20.3 Å². The number of nitrogens with zero attached hydrogens (tertiary/aromatic N) is 2. The molecule has 0 aliphatic rings. The zero-order valence-corrected chi connectivity index (χ0v) is 12.8. The molecule has 0 radical (unpaired) electrons. The van der Waals surface area contributed by atoms with Gasteiger partial charge in [0.25, 0.3) is 0 Å². The Labute approximate surface area is 119 Å². The average Bonchev–Trinajstić information content (AvgIpc) is 2.37. The molecule has 0 bridgehead atoms. The first-order valence-electron chi connectivity index (χ1n) is 5.84. The normalized spacial score (nSPS) is 10.5. The lowest BCUT2D eigenvalue weighted by Crippen LogP contribution is -2.21. The van der Waals surface area contributed by atoms with Gasteiger partial charge in [-0.15, -0.1) is 0 Å². The maximum absolute atomic E-state index is 8.67. The average molecular weight is 302 g/mol. The Hall–Kier alpha value is -0.800. The second kappa shape index (κ2) is 10.0. The van der Waals surface area contributed by atoms with Gasteiger partial charge >= 0.3 is 6.72 Å². The molecule has 0 unspecified atom stereocenters. The van der Waals surface area contributed by atoms with Crippen LogP contribution in [-0.4, -0.2) is 27.9 Å². The quantitative estimate of drug-likeness (QED) is 0.641. The molecule has 19 heavy (non-hydrogen) atoms. The third kappa shape index (κ3) is 10.8. The summed E-state index contributed by atoms with van der Waals surface area (Å²) < 4.78 is 4.61. The zero-order chi connectivity index (χ0) is 14.7. The van der Waals surface area contributed by atoms with Crippen molar-refractivity contribution in [1.82, 2.24) is 5.06 Å². The Morgan fingerprint density at radius 1 is 1.26 bits per heavy atom. The topological polar surface area (TPSA) is 76.7 Å². The van der Waals surface area contributed by atoms with Crippen LogP contribution in [0.25, 0.3) is 0 Å². The van der Waals surface area contributed by atoms with E-state index in [9.17, 15) is 0 Å². The SMILES string of the molecule is CCN(CC)OP(O)(O)=S.N#CCc1ccccc1. The summed E-state index contributed by atoms with van der Waals surface area (Å²) in [5.41, 5.74) is 1.08. The van der Waals surface area contributed by atoms with Crippen LogP contribution in [0, 0.1) is 11.3 Å². The van der Waals surface area contributed by atoms with E-state index in [1.165, 1.54) is 5.06 Å². The Kier molecular flexibility index (Phi) is 9.62. The number of rotatable bonds is 5. The molecular weight excluding hydrogens is 283 g/mol. The molecule has 1 aromatic rings. The number of hydroxylamine groups is 2. The maximum atomic E-state index is 8.67. The van der Waals surface area contributed by atoms with Crippen LogP contribution in [0.4, 0.5) is 0 Å². The number of hydrogen-bond acceptors (Lipinski definition) is 4. The molecule has 1 rings (SSSR count). The minimum absolute atomic E-state index is 0.515. The van der Waals surface area contributed by atoms with Crippen LogP contribution in [0.3, 0.4) is 0 Å². The van der Waals surface area contributed by atoms with Crippen LogP contribution in [0.2, 0.25) is 0 Å². The number of nitriles is 1. The van der Waals surface area contributed by atoms with Crippen LogP contribution < -0.4 is 0 Å². The Morgan fingerprint density at radius 3 is 2.11 bits per heavy atom. The molecule has 5 nitrogen and oxygen atoms in total. The smallest absolute Gasteiger partial charge is 0.324 e. The van der Waals surface area contributed by atoms with Crippen molar-refractivity contribution >= 4 is 18.5 Å². The van der Waals surface area contributed by atoms with E-state index in [0.717, 1.165) is 5.56 Å². The lowest BCUT2D eigenvalue weighted by atomic mass is 10.2. The molecule has 0 saturated carbocycles. The number of hydrogen-bond donors (Lipinski definition) is 2. The molecule has 0 heterocycles. The standard InChI is InChI=1S/C8H7N.C4H12NO3PS/c9-7-6-8-4-2-1-3-5-8;1-3-5(4-2)8-9(6,7)10/h1-5H,6H2;3-4H2,1-2H3,(H2,6,7,10). The molecule has 0 saturated heterocycles. The van der Waals surface area contributed by atoms with Crippen LogP contribution >= 0.6 is 6.72 Å². The summed E-state index contributed by atoms with van der Waals surface area (Å²) in [4.78, 5) is 17.3. The molecule has 7 heteroatoms. The second-order valence-electron chi connectivity index (χ2n) is 3.51. The summed E-state index contributed by atoms with van der Waals surface area (Å²) in [7, 11) is 0. The second-order valence-corrected chi connectivity index (χ2v) is 6.08. The minimum atomic E-state index is -3.50. The lowest BCUT2D eigenvalue weighted by molar-refractivity contribution is -0.0596. The highest BCUT2D eigenvalue weighted by atomic mass is 32.5. The zero-order valence-electron chi connectivity index (χ0n) is 11.1. The Bertz CT molecular complexity index is 426. The van der Waals surface area contributed by atoms with Crippen molar-refractivity contribution in [3.05, 3.63) is 35.9 Å². The molecule has 0 amide bonds. The van der Waals surface area contributed by atoms with Gasteiger partial charge in [0.15, 0.2) is 0 Å². The maximum Gasteiger partial charge on any atom is 0.338 e. The van der Waals surface area contributed by atoms with E-state index in [2.05, 4.69) is 22.5 Å². The third-order valence-electron chi connectivity index (χ3n) is 2.05. The summed E-state index contributed by atoms with van der Waals surface area (Å²) >= 11 is 4.25. The fraction of sp³-hybridized carbons (Fsp3) is 0.417. The fourth-order valence-electron chi connectivity index (χ4n) is 1.18. The van der Waals surface area contributed by atoms with Gasteiger partial charge in [-0.2, -0.15) is 10.3 Å². The van der Waals surface area contributed by atoms with Crippen LogP contribution in [0.15, 0.2) is 30.3 Å². The molecule has 0 aromatic heterocycles. The van der Waals surface area contributed by atoms with Crippen LogP contribution in [-0.2, 0) is 22.9 Å². The first kappa shape index (κ1) is 18.2. The van der Waals surface area contributed by atoms with E-state index in [0.29, 0.717) is 19.5 Å².